The fourth-order valence-corrected chi connectivity index (χ4v) is 3.92. The molecular weight excluding hydrogens is 412 g/mol. The second-order valence-corrected chi connectivity index (χ2v) is 8.10. The molecule has 6 heteroatoms. The number of carbonyl (C=O) groups is 1. The average molecular weight is 437 g/mol. The number of rotatable bonds is 7. The van der Waals surface area contributed by atoms with E-state index in [2.05, 4.69) is 10.3 Å². The van der Waals surface area contributed by atoms with Gasteiger partial charge in [0.25, 0.3) is 0 Å². The van der Waals surface area contributed by atoms with Crippen molar-refractivity contribution in [3.63, 3.8) is 0 Å². The maximum absolute atomic E-state index is 12.4. The Labute approximate surface area is 187 Å². The van der Waals surface area contributed by atoms with Crippen LogP contribution in [0.1, 0.15) is 36.0 Å². The highest BCUT2D eigenvalue weighted by Crippen LogP contribution is 2.34. The second-order valence-electron chi connectivity index (χ2n) is 7.69. The lowest BCUT2D eigenvalue weighted by atomic mass is 9.99. The number of fused-ring (bicyclic) bond motifs is 1. The summed E-state index contributed by atoms with van der Waals surface area (Å²) in [5.41, 5.74) is 5.11. The molecule has 0 atom stereocenters. The molecule has 1 aromatic heterocycles. The van der Waals surface area contributed by atoms with Crippen LogP contribution in [0.15, 0.2) is 48.7 Å². The summed E-state index contributed by atoms with van der Waals surface area (Å²) in [6, 6.07) is 13.7. The van der Waals surface area contributed by atoms with Crippen LogP contribution in [0.3, 0.4) is 0 Å². The normalized spacial score (nSPS) is 12.1. The first kappa shape index (κ1) is 21.2. The summed E-state index contributed by atoms with van der Waals surface area (Å²) in [7, 11) is 0. The number of hydrogen-bond donors (Lipinski definition) is 1. The Kier molecular flexibility index (Phi) is 6.42. The van der Waals surface area contributed by atoms with E-state index >= 15 is 0 Å². The van der Waals surface area contributed by atoms with Gasteiger partial charge in [-0.3, -0.25) is 4.79 Å². The summed E-state index contributed by atoms with van der Waals surface area (Å²) >= 11 is 6.34. The lowest BCUT2D eigenvalue weighted by Crippen LogP contribution is -2.14. The third-order valence-corrected chi connectivity index (χ3v) is 5.95. The van der Waals surface area contributed by atoms with E-state index in [9.17, 15) is 4.79 Å². The average Bonchev–Trinajstić information content (AvgIpc) is 3.23. The van der Waals surface area contributed by atoms with E-state index in [0.717, 1.165) is 53.0 Å². The van der Waals surface area contributed by atoms with Crippen molar-refractivity contribution in [2.24, 2.45) is 0 Å². The molecule has 1 amide bonds. The van der Waals surface area contributed by atoms with Crippen molar-refractivity contribution >= 4 is 23.3 Å². The van der Waals surface area contributed by atoms with Crippen molar-refractivity contribution in [2.75, 3.05) is 12.1 Å². The van der Waals surface area contributed by atoms with E-state index in [-0.39, 0.29) is 12.7 Å². The molecule has 1 aliphatic rings. The molecular formula is C25H25ClN2O3. The number of benzene rings is 2. The minimum Gasteiger partial charge on any atom is -0.454 e. The number of aromatic nitrogens is 1. The Bertz CT molecular complexity index is 1110. The molecule has 1 N–H and O–H groups in total. The molecule has 0 bridgehead atoms. The number of nitrogens with zero attached hydrogens (tertiary/aromatic N) is 1. The van der Waals surface area contributed by atoms with Crippen LogP contribution >= 0.6 is 11.6 Å². The number of anilines is 1. The summed E-state index contributed by atoms with van der Waals surface area (Å²) in [6.07, 6.45) is 4.85. The molecule has 160 valence electrons. The van der Waals surface area contributed by atoms with Crippen LogP contribution in [0.5, 0.6) is 11.5 Å². The van der Waals surface area contributed by atoms with E-state index in [1.807, 2.05) is 56.3 Å². The largest absolute Gasteiger partial charge is 0.454 e. The number of halogens is 1. The first-order valence-corrected chi connectivity index (χ1v) is 10.8. The van der Waals surface area contributed by atoms with E-state index in [4.69, 9.17) is 21.1 Å². The van der Waals surface area contributed by atoms with Crippen LogP contribution in [-0.4, -0.2) is 17.7 Å². The van der Waals surface area contributed by atoms with Crippen LogP contribution in [-0.2, 0) is 11.2 Å². The van der Waals surface area contributed by atoms with Crippen molar-refractivity contribution in [2.45, 2.75) is 39.5 Å². The van der Waals surface area contributed by atoms with Gasteiger partial charge in [0, 0.05) is 28.8 Å². The topological polar surface area (TPSA) is 60.5 Å². The summed E-state index contributed by atoms with van der Waals surface area (Å²) < 4.78 is 10.7. The monoisotopic (exact) mass is 436 g/mol. The number of aryl methyl sites for hydroxylation is 1. The van der Waals surface area contributed by atoms with Gasteiger partial charge >= 0.3 is 0 Å². The lowest BCUT2D eigenvalue weighted by Gasteiger charge is -2.14. The molecule has 0 saturated heterocycles. The molecule has 0 unspecified atom stereocenters. The van der Waals surface area contributed by atoms with Gasteiger partial charge in [-0.05, 0) is 68.0 Å². The third-order valence-electron chi connectivity index (χ3n) is 5.62. The Morgan fingerprint density at radius 2 is 1.84 bits per heavy atom. The van der Waals surface area contributed by atoms with Crippen LogP contribution in [0.25, 0.3) is 11.1 Å². The van der Waals surface area contributed by atoms with Gasteiger partial charge in [-0.25, -0.2) is 4.98 Å². The number of carbonyl (C=O) groups excluding carboxylic acids is 1. The van der Waals surface area contributed by atoms with E-state index in [0.29, 0.717) is 17.3 Å². The molecule has 0 saturated carbocycles. The first-order valence-electron chi connectivity index (χ1n) is 10.4. The molecule has 0 radical (unpaired) electrons. The van der Waals surface area contributed by atoms with Gasteiger partial charge in [0.1, 0.15) is 5.82 Å². The van der Waals surface area contributed by atoms with Crippen molar-refractivity contribution in [3.8, 4) is 22.6 Å². The molecule has 0 fully saturated rings. The minimum atomic E-state index is -0.0221. The van der Waals surface area contributed by atoms with Crippen molar-refractivity contribution in [3.05, 3.63) is 70.4 Å². The zero-order chi connectivity index (χ0) is 21.8. The Balaban J connectivity index is 1.31. The van der Waals surface area contributed by atoms with Crippen molar-refractivity contribution < 1.29 is 14.3 Å². The third kappa shape index (κ3) is 4.83. The molecule has 4 rings (SSSR count). The van der Waals surface area contributed by atoms with Crippen molar-refractivity contribution in [1.29, 1.82) is 0 Å². The Morgan fingerprint density at radius 1 is 1.03 bits per heavy atom. The summed E-state index contributed by atoms with van der Waals surface area (Å²) in [4.78, 5) is 16.9. The molecule has 2 heterocycles. The van der Waals surface area contributed by atoms with Crippen molar-refractivity contribution in [1.82, 2.24) is 4.98 Å². The van der Waals surface area contributed by atoms with E-state index in [1.54, 1.807) is 6.20 Å². The quantitative estimate of drug-likeness (QED) is 0.454. The van der Waals surface area contributed by atoms with Gasteiger partial charge in [-0.1, -0.05) is 35.9 Å². The SMILES string of the molecule is Cc1c(-c2ccccc2Cl)cnc(NC(=O)CCCCc2ccc3c(c2)OCO3)c1C. The van der Waals surface area contributed by atoms with E-state index in [1.165, 1.54) is 5.56 Å². The standard InChI is InChI=1S/C25H25ClN2O3/c1-16-17(2)25(27-14-20(16)19-8-4-5-9-21(19)26)28-24(29)10-6-3-7-18-11-12-22-23(13-18)31-15-30-22/h4-5,8-9,11-14H,3,6-7,10,15H2,1-2H3,(H,27,28,29). The fraction of sp³-hybridized carbons (Fsp3) is 0.280. The number of unbranched alkanes of at least 4 members (excludes halogenated alkanes) is 1. The predicted molar refractivity (Wildman–Crippen MR) is 123 cm³/mol. The zero-order valence-electron chi connectivity index (χ0n) is 17.7. The highest BCUT2D eigenvalue weighted by atomic mass is 35.5. The molecule has 1 aliphatic heterocycles. The first-order chi connectivity index (χ1) is 15.0. The van der Waals surface area contributed by atoms with Crippen LogP contribution in [0, 0.1) is 13.8 Å². The number of amides is 1. The fourth-order valence-electron chi connectivity index (χ4n) is 3.69. The minimum absolute atomic E-state index is 0.0221. The molecule has 0 aliphatic carbocycles. The summed E-state index contributed by atoms with van der Waals surface area (Å²) in [5, 5.41) is 3.64. The molecule has 5 nitrogen and oxygen atoms in total. The molecule has 3 aromatic rings. The lowest BCUT2D eigenvalue weighted by molar-refractivity contribution is -0.116. The molecule has 31 heavy (non-hydrogen) atoms. The maximum Gasteiger partial charge on any atom is 0.231 e. The zero-order valence-corrected chi connectivity index (χ0v) is 18.5. The summed E-state index contributed by atoms with van der Waals surface area (Å²) in [5.74, 6) is 2.18. The maximum atomic E-state index is 12.4. The number of hydrogen-bond acceptors (Lipinski definition) is 4. The molecule has 2 aromatic carbocycles. The van der Waals surface area contributed by atoms with Gasteiger partial charge < -0.3 is 14.8 Å². The molecule has 0 spiro atoms. The number of pyridine rings is 1. The highest BCUT2D eigenvalue weighted by molar-refractivity contribution is 6.33. The number of nitrogens with one attached hydrogen (secondary N) is 1. The van der Waals surface area contributed by atoms with Gasteiger partial charge in [0.05, 0.1) is 0 Å². The Morgan fingerprint density at radius 3 is 2.68 bits per heavy atom. The van der Waals surface area contributed by atoms with Crippen LogP contribution < -0.4 is 14.8 Å². The smallest absolute Gasteiger partial charge is 0.231 e. The van der Waals surface area contributed by atoms with Gasteiger partial charge in [-0.2, -0.15) is 0 Å². The Hall–Kier alpha value is -3.05. The summed E-state index contributed by atoms with van der Waals surface area (Å²) in [6.45, 7) is 4.28. The second kappa shape index (κ2) is 9.40. The predicted octanol–water partition coefficient (Wildman–Crippen LogP) is 6.10. The van der Waals surface area contributed by atoms with Crippen LogP contribution in [0.4, 0.5) is 5.82 Å². The van der Waals surface area contributed by atoms with Gasteiger partial charge in [-0.15, -0.1) is 0 Å². The number of ether oxygens (including phenoxy) is 2. The van der Waals surface area contributed by atoms with Gasteiger partial charge in [0.15, 0.2) is 11.5 Å². The van der Waals surface area contributed by atoms with Crippen LogP contribution in [0.2, 0.25) is 5.02 Å². The van der Waals surface area contributed by atoms with Gasteiger partial charge in [0.2, 0.25) is 12.7 Å². The highest BCUT2D eigenvalue weighted by Gasteiger charge is 2.15. The van der Waals surface area contributed by atoms with E-state index < -0.39 is 0 Å².